The minimum absolute atomic E-state index is 0.321. The molecule has 7 heteroatoms. The van der Waals surface area contributed by atoms with Gasteiger partial charge < -0.3 is 10.1 Å². The maximum Gasteiger partial charge on any atom is 0.442 e. The predicted octanol–water partition coefficient (Wildman–Crippen LogP) is 4.98. The Labute approximate surface area is 135 Å². The number of nitrogens with one attached hydrogen (secondary N) is 1. The van der Waals surface area contributed by atoms with Crippen LogP contribution in [0.2, 0.25) is 0 Å². The van der Waals surface area contributed by atoms with E-state index >= 15 is 0 Å². The molecule has 0 bridgehead atoms. The van der Waals surface area contributed by atoms with Gasteiger partial charge in [0.05, 0.1) is 11.4 Å². The Morgan fingerprint density at radius 2 is 1.91 bits per heavy atom. The number of ether oxygens (including phenoxy) is 1. The summed E-state index contributed by atoms with van der Waals surface area (Å²) in [5, 5.41) is 2.43. The Balaban J connectivity index is 2.07. The van der Waals surface area contributed by atoms with E-state index in [9.17, 15) is 18.0 Å². The molecule has 0 fully saturated rings. The number of thioether (sulfide) groups is 1. The normalized spacial score (nSPS) is 11.1. The number of carbonyl (C=O) groups excluding carboxylic acids is 1. The lowest BCUT2D eigenvalue weighted by molar-refractivity contribution is -0.114. The lowest BCUT2D eigenvalue weighted by Crippen LogP contribution is -2.17. The standard InChI is InChI=1S/C16H14F3NO2S/c1-11-5-4-6-12(9-11)22-14-8-3-2-7-13(14)20-15(21)10-23-16(17,18)19/h2-9H,10H2,1H3,(H,20,21). The van der Waals surface area contributed by atoms with Crippen molar-refractivity contribution in [3.8, 4) is 11.5 Å². The number of halogens is 3. The largest absolute Gasteiger partial charge is 0.455 e. The maximum absolute atomic E-state index is 12.1. The summed E-state index contributed by atoms with van der Waals surface area (Å²) in [6.07, 6.45) is 0. The molecule has 0 aliphatic carbocycles. The van der Waals surface area contributed by atoms with Crippen LogP contribution in [0.5, 0.6) is 11.5 Å². The number of anilines is 1. The first-order valence-electron chi connectivity index (χ1n) is 6.67. The van der Waals surface area contributed by atoms with Crippen molar-refractivity contribution in [2.24, 2.45) is 0 Å². The van der Waals surface area contributed by atoms with Crippen molar-refractivity contribution >= 4 is 23.4 Å². The van der Waals surface area contributed by atoms with E-state index in [1.54, 1.807) is 30.3 Å². The zero-order valence-corrected chi connectivity index (χ0v) is 13.0. The molecule has 0 aliphatic heterocycles. The van der Waals surface area contributed by atoms with Gasteiger partial charge in [0.2, 0.25) is 5.91 Å². The molecule has 23 heavy (non-hydrogen) atoms. The topological polar surface area (TPSA) is 38.3 Å². The second-order valence-electron chi connectivity index (χ2n) is 4.70. The van der Waals surface area contributed by atoms with Crippen molar-refractivity contribution in [3.05, 3.63) is 54.1 Å². The Morgan fingerprint density at radius 3 is 2.61 bits per heavy atom. The van der Waals surface area contributed by atoms with Gasteiger partial charge in [-0.2, -0.15) is 13.2 Å². The third kappa shape index (κ3) is 5.86. The quantitative estimate of drug-likeness (QED) is 0.834. The SMILES string of the molecule is Cc1cccc(Oc2ccccc2NC(=O)CSC(F)(F)F)c1. The highest BCUT2D eigenvalue weighted by atomic mass is 32.2. The van der Waals surface area contributed by atoms with E-state index in [0.717, 1.165) is 5.56 Å². The minimum atomic E-state index is -4.44. The molecule has 3 nitrogen and oxygen atoms in total. The number of amides is 1. The van der Waals surface area contributed by atoms with Crippen molar-refractivity contribution < 1.29 is 22.7 Å². The number of rotatable bonds is 5. The van der Waals surface area contributed by atoms with Gasteiger partial charge in [0.1, 0.15) is 5.75 Å². The van der Waals surface area contributed by atoms with Crippen LogP contribution in [-0.4, -0.2) is 17.2 Å². The summed E-state index contributed by atoms with van der Waals surface area (Å²) >= 11 is -0.380. The first-order valence-corrected chi connectivity index (χ1v) is 7.66. The average Bonchev–Trinajstić information content (AvgIpc) is 2.47. The molecular formula is C16H14F3NO2S. The maximum atomic E-state index is 12.1. The molecule has 0 saturated carbocycles. The molecule has 0 radical (unpaired) electrons. The van der Waals surface area contributed by atoms with Gasteiger partial charge in [0, 0.05) is 0 Å². The smallest absolute Gasteiger partial charge is 0.442 e. The van der Waals surface area contributed by atoms with Crippen molar-refractivity contribution in [2.75, 3.05) is 11.1 Å². The highest BCUT2D eigenvalue weighted by Crippen LogP contribution is 2.32. The number of benzene rings is 2. The zero-order chi connectivity index (χ0) is 16.9. The summed E-state index contributed by atoms with van der Waals surface area (Å²) in [5.41, 5.74) is -3.11. The summed E-state index contributed by atoms with van der Waals surface area (Å²) in [6, 6.07) is 13.9. The van der Waals surface area contributed by atoms with Gasteiger partial charge in [-0.25, -0.2) is 0 Å². The number of alkyl halides is 3. The average molecular weight is 341 g/mol. The van der Waals surface area contributed by atoms with Gasteiger partial charge in [0.15, 0.2) is 5.75 Å². The highest BCUT2D eigenvalue weighted by Gasteiger charge is 2.29. The highest BCUT2D eigenvalue weighted by molar-refractivity contribution is 8.00. The van der Waals surface area contributed by atoms with E-state index in [2.05, 4.69) is 5.32 Å². The molecule has 0 atom stereocenters. The molecular weight excluding hydrogens is 327 g/mol. The fourth-order valence-electron chi connectivity index (χ4n) is 1.80. The van der Waals surface area contributed by atoms with Crippen LogP contribution in [0.1, 0.15) is 5.56 Å². The van der Waals surface area contributed by atoms with Crippen LogP contribution in [0.4, 0.5) is 18.9 Å². The zero-order valence-electron chi connectivity index (χ0n) is 12.2. The molecule has 0 aromatic heterocycles. The minimum Gasteiger partial charge on any atom is -0.455 e. The van der Waals surface area contributed by atoms with Gasteiger partial charge in [-0.15, -0.1) is 0 Å². The van der Waals surface area contributed by atoms with Crippen LogP contribution in [-0.2, 0) is 4.79 Å². The van der Waals surface area contributed by atoms with Crippen molar-refractivity contribution in [1.29, 1.82) is 0 Å². The van der Waals surface area contributed by atoms with Gasteiger partial charge in [0.25, 0.3) is 0 Å². The Bertz CT molecular complexity index is 689. The fraction of sp³-hybridized carbons (Fsp3) is 0.188. The van der Waals surface area contributed by atoms with E-state index < -0.39 is 17.2 Å². The molecule has 0 unspecified atom stereocenters. The van der Waals surface area contributed by atoms with E-state index in [0.29, 0.717) is 17.2 Å². The number of para-hydroxylation sites is 2. The molecule has 0 saturated heterocycles. The van der Waals surface area contributed by atoms with Gasteiger partial charge in [-0.1, -0.05) is 24.3 Å². The lowest BCUT2D eigenvalue weighted by atomic mass is 10.2. The summed E-state index contributed by atoms with van der Waals surface area (Å²) in [7, 11) is 0. The van der Waals surface area contributed by atoms with Gasteiger partial charge in [-0.3, -0.25) is 4.79 Å². The number of hydrogen-bond acceptors (Lipinski definition) is 3. The third-order valence-electron chi connectivity index (χ3n) is 2.75. The number of carbonyl (C=O) groups is 1. The first-order chi connectivity index (χ1) is 10.8. The predicted molar refractivity (Wildman–Crippen MR) is 84.8 cm³/mol. The third-order valence-corrected chi connectivity index (χ3v) is 3.48. The fourth-order valence-corrected chi connectivity index (χ4v) is 2.17. The molecule has 0 aliphatic rings. The molecule has 2 rings (SSSR count). The van der Waals surface area contributed by atoms with Crippen LogP contribution in [0.25, 0.3) is 0 Å². The second-order valence-corrected chi connectivity index (χ2v) is 5.74. The van der Waals surface area contributed by atoms with E-state index in [4.69, 9.17) is 4.74 Å². The Kier molecular flexibility index (Phi) is 5.54. The summed E-state index contributed by atoms with van der Waals surface area (Å²) in [6.45, 7) is 1.91. The van der Waals surface area contributed by atoms with Crippen molar-refractivity contribution in [1.82, 2.24) is 0 Å². The van der Waals surface area contributed by atoms with Crippen LogP contribution in [0.3, 0.4) is 0 Å². The van der Waals surface area contributed by atoms with E-state index in [1.807, 2.05) is 25.1 Å². The summed E-state index contributed by atoms with van der Waals surface area (Å²) in [4.78, 5) is 11.6. The summed E-state index contributed by atoms with van der Waals surface area (Å²) < 4.78 is 42.0. The molecule has 122 valence electrons. The monoisotopic (exact) mass is 341 g/mol. The Hall–Kier alpha value is -2.15. The van der Waals surface area contributed by atoms with Crippen molar-refractivity contribution in [2.45, 2.75) is 12.4 Å². The molecule has 1 amide bonds. The molecule has 1 N–H and O–H groups in total. The van der Waals surface area contributed by atoms with Gasteiger partial charge in [-0.05, 0) is 48.5 Å². The second kappa shape index (κ2) is 7.41. The summed E-state index contributed by atoms with van der Waals surface area (Å²) in [5.74, 6) is -0.505. The van der Waals surface area contributed by atoms with Crippen molar-refractivity contribution in [3.63, 3.8) is 0 Å². The van der Waals surface area contributed by atoms with Crippen LogP contribution >= 0.6 is 11.8 Å². The number of aryl methyl sites for hydroxylation is 1. The van der Waals surface area contributed by atoms with Crippen LogP contribution < -0.4 is 10.1 Å². The first kappa shape index (κ1) is 17.2. The van der Waals surface area contributed by atoms with E-state index in [-0.39, 0.29) is 11.8 Å². The lowest BCUT2D eigenvalue weighted by Gasteiger charge is -2.13. The Morgan fingerprint density at radius 1 is 1.17 bits per heavy atom. The molecule has 0 spiro atoms. The molecule has 0 heterocycles. The molecule has 2 aromatic carbocycles. The van der Waals surface area contributed by atoms with Gasteiger partial charge >= 0.3 is 5.51 Å². The number of hydrogen-bond donors (Lipinski definition) is 1. The molecule has 2 aromatic rings. The van der Waals surface area contributed by atoms with Crippen LogP contribution in [0.15, 0.2) is 48.5 Å². The van der Waals surface area contributed by atoms with Crippen LogP contribution in [0, 0.1) is 6.92 Å². The van der Waals surface area contributed by atoms with E-state index in [1.165, 1.54) is 0 Å².